The smallest absolute Gasteiger partial charge is 0.239 e. The molecular formula is C16H22N4O. The van der Waals surface area contributed by atoms with Crippen LogP contribution in [0.15, 0.2) is 30.3 Å². The summed E-state index contributed by atoms with van der Waals surface area (Å²) in [6.07, 6.45) is 0.664. The van der Waals surface area contributed by atoms with E-state index >= 15 is 0 Å². The van der Waals surface area contributed by atoms with Crippen molar-refractivity contribution in [3.05, 3.63) is 47.3 Å². The Hall–Kier alpha value is -2.30. The van der Waals surface area contributed by atoms with Crippen molar-refractivity contribution in [2.75, 3.05) is 5.32 Å². The molecule has 1 unspecified atom stereocenters. The Kier molecular flexibility index (Phi) is 4.62. The zero-order valence-electron chi connectivity index (χ0n) is 12.8. The minimum Gasteiger partial charge on any atom is -0.374 e. The molecule has 0 saturated carbocycles. The lowest BCUT2D eigenvalue weighted by molar-refractivity contribution is -0.118. The lowest BCUT2D eigenvalue weighted by Crippen LogP contribution is -2.34. The van der Waals surface area contributed by atoms with Gasteiger partial charge in [-0.1, -0.05) is 19.1 Å². The van der Waals surface area contributed by atoms with Gasteiger partial charge >= 0.3 is 0 Å². The summed E-state index contributed by atoms with van der Waals surface area (Å²) in [5.74, 6) is -0.332. The quantitative estimate of drug-likeness (QED) is 0.855. The van der Waals surface area contributed by atoms with E-state index in [1.165, 1.54) is 0 Å². The summed E-state index contributed by atoms with van der Waals surface area (Å²) in [4.78, 5) is 11.3. The van der Waals surface area contributed by atoms with Crippen molar-refractivity contribution < 1.29 is 4.79 Å². The second-order valence-electron chi connectivity index (χ2n) is 5.29. The highest BCUT2D eigenvalue weighted by atomic mass is 16.1. The number of nitrogens with zero attached hydrogens (tertiary/aromatic N) is 2. The number of nitrogens with two attached hydrogens (primary N) is 1. The molecule has 1 heterocycles. The largest absolute Gasteiger partial charge is 0.374 e. The number of primary amides is 1. The van der Waals surface area contributed by atoms with Crippen LogP contribution in [-0.4, -0.2) is 21.7 Å². The summed E-state index contributed by atoms with van der Waals surface area (Å²) in [7, 11) is 0. The monoisotopic (exact) mass is 286 g/mol. The number of carbonyl (C=O) groups excluding carboxylic acids is 1. The topological polar surface area (TPSA) is 72.9 Å². The maximum Gasteiger partial charge on any atom is 0.239 e. The number of hydrogen-bond donors (Lipinski definition) is 2. The Morgan fingerprint density at radius 1 is 1.38 bits per heavy atom. The Morgan fingerprint density at radius 2 is 2.14 bits per heavy atom. The molecule has 0 spiro atoms. The molecule has 2 rings (SSSR count). The van der Waals surface area contributed by atoms with E-state index < -0.39 is 0 Å². The van der Waals surface area contributed by atoms with Crippen LogP contribution < -0.4 is 11.1 Å². The fourth-order valence-corrected chi connectivity index (χ4v) is 2.34. The third kappa shape index (κ3) is 3.84. The third-order valence-corrected chi connectivity index (χ3v) is 3.46. The van der Waals surface area contributed by atoms with Crippen LogP contribution in [0.5, 0.6) is 0 Å². The van der Waals surface area contributed by atoms with Gasteiger partial charge in [0.2, 0.25) is 5.91 Å². The highest BCUT2D eigenvalue weighted by Gasteiger charge is 2.12. The molecule has 1 amide bonds. The van der Waals surface area contributed by atoms with E-state index in [2.05, 4.69) is 16.5 Å². The summed E-state index contributed by atoms with van der Waals surface area (Å²) in [5.41, 5.74) is 9.55. The van der Waals surface area contributed by atoms with Crippen LogP contribution in [0.4, 0.5) is 5.69 Å². The van der Waals surface area contributed by atoms with E-state index in [1.807, 2.05) is 49.7 Å². The molecule has 0 saturated heterocycles. The number of nitrogens with one attached hydrogen (secondary N) is 1. The van der Waals surface area contributed by atoms with Crippen LogP contribution in [0, 0.1) is 13.8 Å². The van der Waals surface area contributed by atoms with Crippen molar-refractivity contribution in [2.24, 2.45) is 5.73 Å². The molecule has 0 radical (unpaired) electrons. The number of rotatable bonds is 6. The number of aromatic nitrogens is 2. The van der Waals surface area contributed by atoms with E-state index in [-0.39, 0.29) is 11.9 Å². The highest BCUT2D eigenvalue weighted by molar-refractivity contribution is 5.82. The SMILES string of the molecule is CCC(Nc1cccc(Cn2nc(C)cc2C)c1)C(N)=O. The first-order valence-corrected chi connectivity index (χ1v) is 7.15. The van der Waals surface area contributed by atoms with Gasteiger partial charge in [-0.05, 0) is 44.0 Å². The molecule has 2 aromatic rings. The first-order valence-electron chi connectivity index (χ1n) is 7.15. The van der Waals surface area contributed by atoms with Crippen molar-refractivity contribution in [2.45, 2.75) is 39.8 Å². The Balaban J connectivity index is 2.14. The maximum absolute atomic E-state index is 11.3. The summed E-state index contributed by atoms with van der Waals surface area (Å²) < 4.78 is 1.97. The summed E-state index contributed by atoms with van der Waals surface area (Å²) in [6, 6.07) is 9.71. The first kappa shape index (κ1) is 15.1. The van der Waals surface area contributed by atoms with Gasteiger partial charge in [-0.2, -0.15) is 5.10 Å². The molecule has 5 nitrogen and oxygen atoms in total. The molecule has 0 aliphatic carbocycles. The van der Waals surface area contributed by atoms with Gasteiger partial charge in [0, 0.05) is 11.4 Å². The molecule has 0 aliphatic heterocycles. The number of anilines is 1. The van der Waals surface area contributed by atoms with Crippen molar-refractivity contribution in [3.63, 3.8) is 0 Å². The molecule has 1 aromatic heterocycles. The molecule has 1 atom stereocenters. The van der Waals surface area contributed by atoms with Crippen molar-refractivity contribution in [1.82, 2.24) is 9.78 Å². The van der Waals surface area contributed by atoms with Crippen molar-refractivity contribution >= 4 is 11.6 Å². The first-order chi connectivity index (χ1) is 9.99. The fraction of sp³-hybridized carbons (Fsp3) is 0.375. The molecule has 0 fully saturated rings. The number of carbonyl (C=O) groups is 1. The molecule has 1 aromatic carbocycles. The lowest BCUT2D eigenvalue weighted by atomic mass is 10.1. The normalized spacial score (nSPS) is 12.1. The Bertz CT molecular complexity index is 633. The molecular weight excluding hydrogens is 264 g/mol. The average Bonchev–Trinajstić information content (AvgIpc) is 2.74. The standard InChI is InChI=1S/C16H22N4O/c1-4-15(16(17)21)18-14-7-5-6-13(9-14)10-20-12(3)8-11(2)19-20/h5-9,15,18H,4,10H2,1-3H3,(H2,17,21). The predicted molar refractivity (Wildman–Crippen MR) is 84.1 cm³/mol. The van der Waals surface area contributed by atoms with Gasteiger partial charge in [0.25, 0.3) is 0 Å². The Morgan fingerprint density at radius 3 is 2.71 bits per heavy atom. The number of benzene rings is 1. The van der Waals surface area contributed by atoms with Crippen molar-refractivity contribution in [1.29, 1.82) is 0 Å². The van der Waals surface area contributed by atoms with Crippen LogP contribution in [0.25, 0.3) is 0 Å². The predicted octanol–water partition coefficient (Wildman–Crippen LogP) is 2.22. The van der Waals surface area contributed by atoms with Gasteiger partial charge in [0.1, 0.15) is 6.04 Å². The van der Waals surface area contributed by atoms with Gasteiger partial charge in [-0.25, -0.2) is 0 Å². The summed E-state index contributed by atoms with van der Waals surface area (Å²) in [5, 5.41) is 7.63. The van der Waals surface area contributed by atoms with E-state index in [4.69, 9.17) is 5.73 Å². The number of hydrogen-bond acceptors (Lipinski definition) is 3. The van der Waals surface area contributed by atoms with Crippen molar-refractivity contribution in [3.8, 4) is 0 Å². The zero-order chi connectivity index (χ0) is 15.4. The molecule has 3 N–H and O–H groups in total. The van der Waals surface area contributed by atoms with E-state index in [0.29, 0.717) is 13.0 Å². The second-order valence-corrected chi connectivity index (χ2v) is 5.29. The van der Waals surface area contributed by atoms with Gasteiger partial charge < -0.3 is 11.1 Å². The van der Waals surface area contributed by atoms with Crippen LogP contribution in [0.2, 0.25) is 0 Å². The number of aryl methyl sites for hydroxylation is 2. The highest BCUT2D eigenvalue weighted by Crippen LogP contribution is 2.15. The van der Waals surface area contributed by atoms with E-state index in [9.17, 15) is 4.79 Å². The van der Waals surface area contributed by atoms with Gasteiger partial charge in [0.15, 0.2) is 0 Å². The summed E-state index contributed by atoms with van der Waals surface area (Å²) in [6.45, 7) is 6.67. The molecule has 0 aliphatic rings. The van der Waals surface area contributed by atoms with Crippen LogP contribution in [-0.2, 0) is 11.3 Å². The minimum absolute atomic E-state index is 0.332. The van der Waals surface area contributed by atoms with E-state index in [0.717, 1.165) is 22.6 Å². The molecule has 112 valence electrons. The minimum atomic E-state index is -0.339. The van der Waals surface area contributed by atoms with Crippen LogP contribution in [0.3, 0.4) is 0 Å². The molecule has 5 heteroatoms. The van der Waals surface area contributed by atoms with Gasteiger partial charge in [-0.3, -0.25) is 9.48 Å². The third-order valence-electron chi connectivity index (χ3n) is 3.46. The Labute approximate surface area is 125 Å². The van der Waals surface area contributed by atoms with Crippen LogP contribution in [0.1, 0.15) is 30.3 Å². The second kappa shape index (κ2) is 6.43. The average molecular weight is 286 g/mol. The molecule has 0 bridgehead atoms. The van der Waals surface area contributed by atoms with Gasteiger partial charge in [-0.15, -0.1) is 0 Å². The maximum atomic E-state index is 11.3. The fourth-order valence-electron chi connectivity index (χ4n) is 2.34. The lowest BCUT2D eigenvalue weighted by Gasteiger charge is -2.15. The number of amides is 1. The summed E-state index contributed by atoms with van der Waals surface area (Å²) >= 11 is 0. The van der Waals surface area contributed by atoms with Crippen LogP contribution >= 0.6 is 0 Å². The van der Waals surface area contributed by atoms with E-state index in [1.54, 1.807) is 0 Å². The zero-order valence-corrected chi connectivity index (χ0v) is 12.8. The molecule has 21 heavy (non-hydrogen) atoms. The van der Waals surface area contributed by atoms with Gasteiger partial charge in [0.05, 0.1) is 12.2 Å².